The van der Waals surface area contributed by atoms with Crippen molar-refractivity contribution in [1.29, 1.82) is 0 Å². The van der Waals surface area contributed by atoms with Gasteiger partial charge in [-0.25, -0.2) is 0 Å². The minimum absolute atomic E-state index is 0.0361. The lowest BCUT2D eigenvalue weighted by molar-refractivity contribution is -0.161. The maximum atomic E-state index is 13.1. The van der Waals surface area contributed by atoms with Crippen LogP contribution in [0.1, 0.15) is 56.3 Å². The van der Waals surface area contributed by atoms with Gasteiger partial charge in [0.15, 0.2) is 0 Å². The maximum absolute atomic E-state index is 13.1. The summed E-state index contributed by atoms with van der Waals surface area (Å²) in [5.74, 6) is -0.881. The lowest BCUT2D eigenvalue weighted by atomic mass is 9.98. The van der Waals surface area contributed by atoms with E-state index in [9.17, 15) is 27.6 Å². The molecule has 3 amide bonds. The minimum atomic E-state index is -4.45. The van der Waals surface area contributed by atoms with Crippen molar-refractivity contribution in [2.75, 3.05) is 24.5 Å². The van der Waals surface area contributed by atoms with Crippen molar-refractivity contribution in [2.24, 2.45) is 0 Å². The normalized spacial score (nSPS) is 21.0. The summed E-state index contributed by atoms with van der Waals surface area (Å²) in [6, 6.07) is 6.90. The van der Waals surface area contributed by atoms with Crippen molar-refractivity contribution in [3.05, 3.63) is 29.8 Å². The number of halogens is 3. The fourth-order valence-corrected chi connectivity index (χ4v) is 4.37. The fraction of sp³-hybridized carbons (Fsp3) is 0.571. The number of hydrogen-bond acceptors (Lipinski definition) is 3. The van der Waals surface area contributed by atoms with Gasteiger partial charge in [0.25, 0.3) is 5.91 Å². The van der Waals surface area contributed by atoms with Crippen molar-refractivity contribution in [3.63, 3.8) is 0 Å². The molecule has 2 heterocycles. The average Bonchev–Trinajstić information content (AvgIpc) is 2.98. The molecule has 30 heavy (non-hydrogen) atoms. The highest BCUT2D eigenvalue weighted by molar-refractivity contribution is 6.10. The van der Waals surface area contributed by atoms with Gasteiger partial charge >= 0.3 is 6.18 Å². The summed E-state index contributed by atoms with van der Waals surface area (Å²) in [5, 5.41) is 0. The number of hydrogen-bond donors (Lipinski definition) is 0. The highest BCUT2D eigenvalue weighted by Gasteiger charge is 2.52. The zero-order chi connectivity index (χ0) is 22.1. The molecule has 2 aliphatic rings. The molecule has 1 saturated heterocycles. The third-order valence-corrected chi connectivity index (χ3v) is 5.73. The summed E-state index contributed by atoms with van der Waals surface area (Å²) in [6.07, 6.45) is -3.11. The second-order valence-corrected chi connectivity index (χ2v) is 7.95. The summed E-state index contributed by atoms with van der Waals surface area (Å²) < 4.78 is 38.2. The van der Waals surface area contributed by atoms with Gasteiger partial charge in [0.2, 0.25) is 11.8 Å². The van der Waals surface area contributed by atoms with E-state index < -0.39 is 24.3 Å². The molecule has 1 fully saturated rings. The number of fused-ring (bicyclic) bond motifs is 3. The number of amides is 3. The van der Waals surface area contributed by atoms with E-state index >= 15 is 0 Å². The summed E-state index contributed by atoms with van der Waals surface area (Å²) in [6.45, 7) is 2.49. The van der Waals surface area contributed by atoms with Crippen LogP contribution in [0, 0.1) is 0 Å². The number of benzene rings is 1. The number of rotatable bonds is 7. The zero-order valence-electron chi connectivity index (χ0n) is 17.2. The third-order valence-electron chi connectivity index (χ3n) is 5.73. The molecule has 6 nitrogen and oxygen atoms in total. The summed E-state index contributed by atoms with van der Waals surface area (Å²) in [7, 11) is 0. The summed E-state index contributed by atoms with van der Waals surface area (Å²) in [4.78, 5) is 42.0. The molecule has 3 rings (SSSR count). The van der Waals surface area contributed by atoms with Crippen LogP contribution in [-0.2, 0) is 9.59 Å². The van der Waals surface area contributed by atoms with Crippen LogP contribution < -0.4 is 4.90 Å². The Morgan fingerprint density at radius 1 is 1.23 bits per heavy atom. The van der Waals surface area contributed by atoms with E-state index in [4.69, 9.17) is 0 Å². The van der Waals surface area contributed by atoms with Crippen molar-refractivity contribution in [3.8, 4) is 0 Å². The van der Waals surface area contributed by atoms with Crippen LogP contribution in [-0.4, -0.2) is 59.0 Å². The van der Waals surface area contributed by atoms with Gasteiger partial charge in [0.05, 0.1) is 11.3 Å². The largest absolute Gasteiger partial charge is 0.406 e. The quantitative estimate of drug-likeness (QED) is 0.671. The Kier molecular flexibility index (Phi) is 6.10. The lowest BCUT2D eigenvalue weighted by Gasteiger charge is -2.48. The van der Waals surface area contributed by atoms with Gasteiger partial charge in [-0.15, -0.1) is 0 Å². The van der Waals surface area contributed by atoms with Crippen LogP contribution in [0.15, 0.2) is 24.3 Å². The van der Waals surface area contributed by atoms with Gasteiger partial charge in [-0.3, -0.25) is 19.3 Å². The summed E-state index contributed by atoms with van der Waals surface area (Å²) in [5.41, 5.74) is 0.168. The van der Waals surface area contributed by atoms with Gasteiger partial charge in [-0.2, -0.15) is 13.2 Å². The van der Waals surface area contributed by atoms with Crippen LogP contribution in [0.5, 0.6) is 0 Å². The first kappa shape index (κ1) is 22.1. The van der Waals surface area contributed by atoms with E-state index in [1.165, 1.54) is 0 Å². The van der Waals surface area contributed by atoms with E-state index in [-0.39, 0.29) is 37.7 Å². The summed E-state index contributed by atoms with van der Waals surface area (Å²) >= 11 is 0. The predicted molar refractivity (Wildman–Crippen MR) is 105 cm³/mol. The first-order chi connectivity index (χ1) is 14.1. The van der Waals surface area contributed by atoms with Gasteiger partial charge < -0.3 is 9.80 Å². The molecular formula is C21H26F3N3O3. The Hall–Kier alpha value is -2.58. The topological polar surface area (TPSA) is 60.9 Å². The van der Waals surface area contributed by atoms with Crippen LogP contribution >= 0.6 is 0 Å². The molecule has 1 aromatic rings. The standard InChI is InChI=1S/C21H26F3N3O3/c1-3-12-25(14-21(22,23)24)17(28)9-6-13-26-19(30)15-7-4-5-8-16(15)27-18(29)10-11-20(26,27)2/h4-5,7-8H,3,6,9-14H2,1-2H3/t20-/m0/s1. The highest BCUT2D eigenvalue weighted by atomic mass is 19.4. The maximum Gasteiger partial charge on any atom is 0.406 e. The Morgan fingerprint density at radius 2 is 1.93 bits per heavy atom. The van der Waals surface area contributed by atoms with E-state index in [1.807, 2.05) is 6.92 Å². The molecule has 0 radical (unpaired) electrons. The van der Waals surface area contributed by atoms with Crippen LogP contribution in [0.4, 0.5) is 18.9 Å². The Balaban J connectivity index is 1.73. The molecule has 0 unspecified atom stereocenters. The second kappa shape index (κ2) is 8.28. The Morgan fingerprint density at radius 3 is 2.60 bits per heavy atom. The first-order valence-corrected chi connectivity index (χ1v) is 10.2. The van der Waals surface area contributed by atoms with Crippen molar-refractivity contribution >= 4 is 23.4 Å². The van der Waals surface area contributed by atoms with Crippen molar-refractivity contribution in [1.82, 2.24) is 9.80 Å². The minimum Gasteiger partial charge on any atom is -0.334 e. The first-order valence-electron chi connectivity index (χ1n) is 10.2. The number of anilines is 1. The molecule has 2 aliphatic heterocycles. The van der Waals surface area contributed by atoms with E-state index in [1.54, 1.807) is 41.0 Å². The molecule has 0 aliphatic carbocycles. The number of alkyl halides is 3. The zero-order valence-corrected chi connectivity index (χ0v) is 17.2. The second-order valence-electron chi connectivity index (χ2n) is 7.95. The van der Waals surface area contributed by atoms with Crippen LogP contribution in [0.25, 0.3) is 0 Å². The van der Waals surface area contributed by atoms with E-state index in [0.717, 1.165) is 4.90 Å². The van der Waals surface area contributed by atoms with Gasteiger partial charge in [-0.05, 0) is 38.3 Å². The molecule has 0 saturated carbocycles. The van der Waals surface area contributed by atoms with Crippen molar-refractivity contribution in [2.45, 2.75) is 57.8 Å². The number of carbonyl (C=O) groups excluding carboxylic acids is 3. The molecular weight excluding hydrogens is 399 g/mol. The molecule has 1 aromatic carbocycles. The Labute approximate surface area is 173 Å². The highest BCUT2D eigenvalue weighted by Crippen LogP contribution is 2.44. The molecule has 164 valence electrons. The van der Waals surface area contributed by atoms with Gasteiger partial charge in [-0.1, -0.05) is 19.1 Å². The third kappa shape index (κ3) is 4.15. The van der Waals surface area contributed by atoms with Crippen LogP contribution in [0.3, 0.4) is 0 Å². The van der Waals surface area contributed by atoms with E-state index in [0.29, 0.717) is 30.5 Å². The van der Waals surface area contributed by atoms with Gasteiger partial charge in [0, 0.05) is 25.9 Å². The number of nitrogens with zero attached hydrogens (tertiary/aromatic N) is 3. The molecule has 0 N–H and O–H groups in total. The van der Waals surface area contributed by atoms with Gasteiger partial charge in [0.1, 0.15) is 12.2 Å². The molecule has 0 aromatic heterocycles. The monoisotopic (exact) mass is 425 g/mol. The van der Waals surface area contributed by atoms with Crippen LogP contribution in [0.2, 0.25) is 0 Å². The predicted octanol–water partition coefficient (Wildman–Crippen LogP) is 3.57. The fourth-order valence-electron chi connectivity index (χ4n) is 4.37. The smallest absolute Gasteiger partial charge is 0.334 e. The SMILES string of the molecule is CCCN(CC(F)(F)F)C(=O)CCCN1C(=O)c2ccccc2N2C(=O)CC[C@@]12C. The lowest BCUT2D eigenvalue weighted by Crippen LogP contribution is -2.62. The Bertz CT molecular complexity index is 842. The number of carbonyl (C=O) groups is 3. The average molecular weight is 425 g/mol. The molecule has 0 spiro atoms. The molecule has 0 bridgehead atoms. The molecule has 9 heteroatoms. The van der Waals surface area contributed by atoms with Crippen molar-refractivity contribution < 1.29 is 27.6 Å². The molecule has 1 atom stereocenters. The van der Waals surface area contributed by atoms with E-state index in [2.05, 4.69) is 0 Å². The number of para-hydroxylation sites is 1.